The summed E-state index contributed by atoms with van der Waals surface area (Å²) in [6, 6.07) is 0. The molecule has 1 radical (unpaired) electrons. The van der Waals surface area contributed by atoms with Crippen molar-refractivity contribution in [3.05, 3.63) is 0 Å². The standard InChI is InChI=1S/C4H11BN3/c1-5-7-4(6)8(2)3/h1-3H3,(H2,6,7). The molecule has 0 spiro atoms. The summed E-state index contributed by atoms with van der Waals surface area (Å²) in [6.07, 6.45) is 0. The van der Waals surface area contributed by atoms with Crippen molar-refractivity contribution in [3.8, 4) is 0 Å². The highest BCUT2D eigenvalue weighted by Gasteiger charge is 1.88. The van der Waals surface area contributed by atoms with Gasteiger partial charge in [-0.15, -0.1) is 0 Å². The maximum absolute atomic E-state index is 5.37. The lowest BCUT2D eigenvalue weighted by molar-refractivity contribution is 0.616. The Morgan fingerprint density at radius 2 is 2.12 bits per heavy atom. The molecular formula is C4H11BN3. The van der Waals surface area contributed by atoms with Crippen LogP contribution in [0.3, 0.4) is 0 Å². The minimum absolute atomic E-state index is 0.535. The van der Waals surface area contributed by atoms with E-state index in [0.717, 1.165) is 0 Å². The Bertz CT molecular complexity index is 89.3. The fraction of sp³-hybridized carbons (Fsp3) is 0.750. The molecule has 4 heteroatoms. The largest absolute Gasteiger partial charge is 0.371 e. The molecule has 45 valence electrons. The first-order valence-corrected chi connectivity index (χ1v) is 2.47. The summed E-state index contributed by atoms with van der Waals surface area (Å²) in [5.41, 5.74) is 5.37. The van der Waals surface area contributed by atoms with E-state index < -0.39 is 0 Å². The van der Waals surface area contributed by atoms with Gasteiger partial charge < -0.3 is 15.5 Å². The van der Waals surface area contributed by atoms with Crippen LogP contribution >= 0.6 is 0 Å². The molecule has 0 aromatic heterocycles. The lowest BCUT2D eigenvalue weighted by Gasteiger charge is -2.09. The SMILES string of the molecule is C[B]N=C(N)N(C)C. The van der Waals surface area contributed by atoms with Gasteiger partial charge in [-0.3, -0.25) is 0 Å². The molecule has 3 nitrogen and oxygen atoms in total. The van der Waals surface area contributed by atoms with Crippen molar-refractivity contribution in [2.24, 2.45) is 10.6 Å². The predicted octanol–water partition coefficient (Wildman–Crippen LogP) is -0.470. The second kappa shape index (κ2) is 3.35. The maximum Gasteiger partial charge on any atom is 0.276 e. The monoisotopic (exact) mass is 112 g/mol. The number of nitrogens with zero attached hydrogens (tertiary/aromatic N) is 2. The number of nitrogens with two attached hydrogens (primary N) is 1. The van der Waals surface area contributed by atoms with Crippen LogP contribution in [-0.2, 0) is 0 Å². The van der Waals surface area contributed by atoms with E-state index in [2.05, 4.69) is 4.90 Å². The normalized spacial score (nSPS) is 11.1. The van der Waals surface area contributed by atoms with Gasteiger partial charge in [-0.2, -0.15) is 0 Å². The molecule has 0 aliphatic rings. The van der Waals surface area contributed by atoms with Gasteiger partial charge in [0.15, 0.2) is 5.96 Å². The third-order valence-corrected chi connectivity index (χ3v) is 0.720. The first kappa shape index (κ1) is 7.33. The Labute approximate surface area is 50.8 Å². The maximum atomic E-state index is 5.37. The average Bonchev–Trinajstić information content (AvgIpc) is 1.67. The Kier molecular flexibility index (Phi) is 3.07. The molecule has 0 saturated heterocycles. The van der Waals surface area contributed by atoms with E-state index in [1.54, 1.807) is 12.3 Å². The number of rotatable bonds is 1. The van der Waals surface area contributed by atoms with Crippen LogP contribution in [0.1, 0.15) is 0 Å². The zero-order valence-electron chi connectivity index (χ0n) is 5.55. The van der Waals surface area contributed by atoms with Crippen molar-refractivity contribution in [2.75, 3.05) is 14.1 Å². The van der Waals surface area contributed by atoms with Crippen molar-refractivity contribution in [1.29, 1.82) is 0 Å². The molecule has 0 atom stereocenters. The van der Waals surface area contributed by atoms with Crippen LogP contribution in [0.5, 0.6) is 0 Å². The van der Waals surface area contributed by atoms with Crippen molar-refractivity contribution in [2.45, 2.75) is 6.82 Å². The van der Waals surface area contributed by atoms with Crippen LogP contribution in [0, 0.1) is 0 Å². The third kappa shape index (κ3) is 2.50. The zero-order valence-corrected chi connectivity index (χ0v) is 5.55. The van der Waals surface area contributed by atoms with Crippen molar-refractivity contribution in [1.82, 2.24) is 4.90 Å². The average molecular weight is 112 g/mol. The second-order valence-electron chi connectivity index (χ2n) is 1.64. The Balaban J connectivity index is 3.61. The zero-order chi connectivity index (χ0) is 6.57. The van der Waals surface area contributed by atoms with Crippen molar-refractivity contribution in [3.63, 3.8) is 0 Å². The van der Waals surface area contributed by atoms with Gasteiger partial charge in [-0.25, -0.2) is 0 Å². The molecule has 0 bridgehead atoms. The Hall–Kier alpha value is -0.665. The van der Waals surface area contributed by atoms with Gasteiger partial charge in [-0.05, 0) is 0 Å². The van der Waals surface area contributed by atoms with Gasteiger partial charge in [0.1, 0.15) is 0 Å². The highest BCUT2D eigenvalue weighted by Crippen LogP contribution is 1.71. The first-order chi connectivity index (χ1) is 3.68. The molecule has 0 fully saturated rings. The number of hydrogen-bond donors (Lipinski definition) is 1. The van der Waals surface area contributed by atoms with E-state index >= 15 is 0 Å². The van der Waals surface area contributed by atoms with Crippen LogP contribution in [0.25, 0.3) is 0 Å². The Morgan fingerprint density at radius 1 is 1.62 bits per heavy atom. The smallest absolute Gasteiger partial charge is 0.276 e. The molecule has 0 aromatic rings. The van der Waals surface area contributed by atoms with E-state index in [-0.39, 0.29) is 0 Å². The van der Waals surface area contributed by atoms with E-state index in [9.17, 15) is 0 Å². The van der Waals surface area contributed by atoms with Gasteiger partial charge in [-0.1, -0.05) is 6.82 Å². The molecule has 0 aliphatic heterocycles. The molecule has 0 aliphatic carbocycles. The van der Waals surface area contributed by atoms with Gasteiger partial charge in [0, 0.05) is 14.1 Å². The summed E-state index contributed by atoms with van der Waals surface area (Å²) in [4.78, 5) is 5.57. The topological polar surface area (TPSA) is 41.6 Å². The fourth-order valence-electron chi connectivity index (χ4n) is 0.248. The second-order valence-corrected chi connectivity index (χ2v) is 1.64. The van der Waals surface area contributed by atoms with Crippen LogP contribution in [-0.4, -0.2) is 32.4 Å². The van der Waals surface area contributed by atoms with Gasteiger partial charge in [0.05, 0.1) is 0 Å². The van der Waals surface area contributed by atoms with E-state index in [1.165, 1.54) is 0 Å². The predicted molar refractivity (Wildman–Crippen MR) is 36.9 cm³/mol. The highest BCUT2D eigenvalue weighted by atomic mass is 15.2. The summed E-state index contributed by atoms with van der Waals surface area (Å²) in [5, 5.41) is 0. The Morgan fingerprint density at radius 3 is 2.25 bits per heavy atom. The van der Waals surface area contributed by atoms with Crippen LogP contribution in [0.15, 0.2) is 4.90 Å². The molecule has 2 N–H and O–H groups in total. The van der Waals surface area contributed by atoms with E-state index in [4.69, 9.17) is 5.73 Å². The first-order valence-electron chi connectivity index (χ1n) is 2.47. The quantitative estimate of drug-likeness (QED) is 0.283. The van der Waals surface area contributed by atoms with Gasteiger partial charge >= 0.3 is 0 Å². The van der Waals surface area contributed by atoms with Crippen molar-refractivity contribution < 1.29 is 0 Å². The van der Waals surface area contributed by atoms with Crippen molar-refractivity contribution >= 4 is 13.4 Å². The molecule has 0 amide bonds. The molecule has 0 heterocycles. The third-order valence-electron chi connectivity index (χ3n) is 0.720. The molecular weight excluding hydrogens is 101 g/mol. The molecule has 0 aromatic carbocycles. The molecule has 0 rings (SSSR count). The summed E-state index contributed by atoms with van der Waals surface area (Å²) < 4.78 is 0. The summed E-state index contributed by atoms with van der Waals surface area (Å²) >= 11 is 0. The molecule has 0 unspecified atom stereocenters. The van der Waals surface area contributed by atoms with Gasteiger partial charge in [0.2, 0.25) is 0 Å². The van der Waals surface area contributed by atoms with Crippen LogP contribution < -0.4 is 5.73 Å². The lowest BCUT2D eigenvalue weighted by atomic mass is 10.0. The van der Waals surface area contributed by atoms with Gasteiger partial charge in [0.25, 0.3) is 7.41 Å². The summed E-state index contributed by atoms with van der Waals surface area (Å²) in [7, 11) is 5.36. The van der Waals surface area contributed by atoms with E-state index in [0.29, 0.717) is 5.96 Å². The summed E-state index contributed by atoms with van der Waals surface area (Å²) in [6.45, 7) is 1.83. The minimum Gasteiger partial charge on any atom is -0.371 e. The molecule has 8 heavy (non-hydrogen) atoms. The van der Waals surface area contributed by atoms with E-state index in [1.807, 2.05) is 20.9 Å². The fourth-order valence-corrected chi connectivity index (χ4v) is 0.248. The summed E-state index contributed by atoms with van der Waals surface area (Å²) in [5.74, 6) is 0.535. The minimum atomic E-state index is 0.535. The van der Waals surface area contributed by atoms with Crippen LogP contribution in [0.4, 0.5) is 0 Å². The van der Waals surface area contributed by atoms with Crippen LogP contribution in [0.2, 0.25) is 6.82 Å². The number of guanidine groups is 1. The number of hydrogen-bond acceptors (Lipinski definition) is 1. The highest BCUT2D eigenvalue weighted by molar-refractivity contribution is 6.33. The lowest BCUT2D eigenvalue weighted by Crippen LogP contribution is -2.30. The molecule has 0 saturated carbocycles.